The van der Waals surface area contributed by atoms with Gasteiger partial charge < -0.3 is 5.11 Å². The molecule has 0 aliphatic carbocycles. The van der Waals surface area contributed by atoms with E-state index in [0.29, 0.717) is 10.7 Å². The highest BCUT2D eigenvalue weighted by molar-refractivity contribution is 7.16. The minimum absolute atomic E-state index is 0.00525. The number of nitrogens with zero attached hydrogens (tertiary/aromatic N) is 1. The van der Waals surface area contributed by atoms with Crippen LogP contribution < -0.4 is 5.32 Å². The van der Waals surface area contributed by atoms with Crippen LogP contribution in [-0.4, -0.2) is 22.0 Å². The minimum atomic E-state index is -0.858. The molecule has 3 aromatic rings. The summed E-state index contributed by atoms with van der Waals surface area (Å²) in [4.78, 5) is 28.5. The molecule has 0 aliphatic rings. The van der Waals surface area contributed by atoms with Crippen LogP contribution in [0.5, 0.6) is 0 Å². The molecular weight excluding hydrogens is 336 g/mol. The average Bonchev–Trinajstić information content (AvgIpc) is 2.96. The van der Waals surface area contributed by atoms with Crippen LogP contribution in [0.2, 0.25) is 0 Å². The van der Waals surface area contributed by atoms with Gasteiger partial charge >= 0.3 is 5.97 Å². The third-order valence-corrected chi connectivity index (χ3v) is 4.52. The lowest BCUT2D eigenvalue weighted by Crippen LogP contribution is -2.11. The molecule has 25 heavy (non-hydrogen) atoms. The fourth-order valence-corrected chi connectivity index (χ4v) is 3.26. The second-order valence-electron chi connectivity index (χ2n) is 5.51. The molecule has 1 aromatic heterocycles. The number of rotatable bonds is 5. The van der Waals surface area contributed by atoms with Gasteiger partial charge in [-0.05, 0) is 24.6 Å². The Morgan fingerprint density at radius 2 is 1.76 bits per heavy atom. The van der Waals surface area contributed by atoms with E-state index in [-0.39, 0.29) is 12.3 Å². The summed E-state index contributed by atoms with van der Waals surface area (Å²) in [7, 11) is 0. The highest BCUT2D eigenvalue weighted by Crippen LogP contribution is 2.30. The Balaban J connectivity index is 1.78. The number of benzene rings is 2. The molecule has 2 aromatic carbocycles. The van der Waals surface area contributed by atoms with E-state index < -0.39 is 5.97 Å². The highest BCUT2D eigenvalue weighted by Gasteiger charge is 2.13. The number of aliphatic carboxylic acids is 1. The molecule has 126 valence electrons. The first-order valence-corrected chi connectivity index (χ1v) is 8.49. The molecule has 0 atom stereocenters. The van der Waals surface area contributed by atoms with Crippen LogP contribution in [0.4, 0.5) is 5.13 Å². The molecule has 0 spiro atoms. The zero-order chi connectivity index (χ0) is 17.8. The minimum Gasteiger partial charge on any atom is -0.481 e. The SMILES string of the molecule is Cc1sc(NC(=O)c2ccccc2)nc1-c1ccc(CC(=O)O)cc1. The van der Waals surface area contributed by atoms with Gasteiger partial charge in [-0.25, -0.2) is 4.98 Å². The van der Waals surface area contributed by atoms with Crippen LogP contribution >= 0.6 is 11.3 Å². The number of carboxylic acid groups (broad SMARTS) is 1. The van der Waals surface area contributed by atoms with Crippen molar-refractivity contribution in [3.8, 4) is 11.3 Å². The van der Waals surface area contributed by atoms with E-state index in [1.165, 1.54) is 11.3 Å². The summed E-state index contributed by atoms with van der Waals surface area (Å²) < 4.78 is 0. The molecule has 0 aliphatic heterocycles. The lowest BCUT2D eigenvalue weighted by atomic mass is 10.1. The second-order valence-corrected chi connectivity index (χ2v) is 6.71. The molecule has 2 N–H and O–H groups in total. The van der Waals surface area contributed by atoms with Gasteiger partial charge in [0, 0.05) is 16.0 Å². The van der Waals surface area contributed by atoms with Crippen molar-refractivity contribution in [2.24, 2.45) is 0 Å². The van der Waals surface area contributed by atoms with Gasteiger partial charge in [0.1, 0.15) is 0 Å². The summed E-state index contributed by atoms with van der Waals surface area (Å²) >= 11 is 1.41. The topological polar surface area (TPSA) is 79.3 Å². The lowest BCUT2D eigenvalue weighted by Gasteiger charge is -2.02. The number of carbonyl (C=O) groups excluding carboxylic acids is 1. The predicted octanol–water partition coefficient (Wildman–Crippen LogP) is 4.00. The van der Waals surface area contributed by atoms with Gasteiger partial charge in [-0.3, -0.25) is 14.9 Å². The monoisotopic (exact) mass is 352 g/mol. The molecule has 0 unspecified atom stereocenters. The lowest BCUT2D eigenvalue weighted by molar-refractivity contribution is -0.136. The Morgan fingerprint density at radius 1 is 1.08 bits per heavy atom. The van der Waals surface area contributed by atoms with Crippen molar-refractivity contribution in [2.45, 2.75) is 13.3 Å². The number of aryl methyl sites for hydroxylation is 1. The Kier molecular flexibility index (Phi) is 4.90. The number of anilines is 1. The molecule has 0 radical (unpaired) electrons. The standard InChI is InChI=1S/C19H16N2O3S/c1-12-17(14-9-7-13(8-10-14)11-16(22)23)20-19(25-12)21-18(24)15-5-3-2-4-6-15/h2-10H,11H2,1H3,(H,22,23)(H,20,21,24). The van der Waals surface area contributed by atoms with Crippen LogP contribution in [0.3, 0.4) is 0 Å². The number of aromatic nitrogens is 1. The number of carboxylic acids is 1. The third-order valence-electron chi connectivity index (χ3n) is 3.64. The first-order chi connectivity index (χ1) is 12.0. The van der Waals surface area contributed by atoms with Gasteiger partial charge in [-0.15, -0.1) is 11.3 Å². The third kappa shape index (κ3) is 4.10. The summed E-state index contributed by atoms with van der Waals surface area (Å²) in [5.41, 5.74) is 3.00. The number of carbonyl (C=O) groups is 2. The molecule has 1 amide bonds. The van der Waals surface area contributed by atoms with Crippen LogP contribution in [0.15, 0.2) is 54.6 Å². The first-order valence-electron chi connectivity index (χ1n) is 7.68. The molecule has 6 heteroatoms. The predicted molar refractivity (Wildman–Crippen MR) is 98.0 cm³/mol. The zero-order valence-electron chi connectivity index (χ0n) is 13.5. The quantitative estimate of drug-likeness (QED) is 0.727. The van der Waals surface area contributed by atoms with Gasteiger partial charge in [0.2, 0.25) is 0 Å². The average molecular weight is 352 g/mol. The number of thiazole rings is 1. The van der Waals surface area contributed by atoms with Crippen molar-refractivity contribution in [1.82, 2.24) is 4.98 Å². The molecule has 5 nitrogen and oxygen atoms in total. The zero-order valence-corrected chi connectivity index (χ0v) is 14.3. The second kappa shape index (κ2) is 7.27. The smallest absolute Gasteiger partial charge is 0.307 e. The Hall–Kier alpha value is -2.99. The van der Waals surface area contributed by atoms with E-state index in [2.05, 4.69) is 10.3 Å². The summed E-state index contributed by atoms with van der Waals surface area (Å²) in [5.74, 6) is -1.05. The Bertz CT molecular complexity index is 902. The van der Waals surface area contributed by atoms with Crippen molar-refractivity contribution in [1.29, 1.82) is 0 Å². The molecule has 3 rings (SSSR count). The molecular formula is C19H16N2O3S. The van der Waals surface area contributed by atoms with Gasteiger partial charge in [-0.2, -0.15) is 0 Å². The molecule has 0 fully saturated rings. The Labute approximate surface area is 149 Å². The number of hydrogen-bond acceptors (Lipinski definition) is 4. The van der Waals surface area contributed by atoms with E-state index in [9.17, 15) is 9.59 Å². The van der Waals surface area contributed by atoms with Crippen LogP contribution in [-0.2, 0) is 11.2 Å². The Morgan fingerprint density at radius 3 is 2.40 bits per heavy atom. The van der Waals surface area contributed by atoms with Crippen molar-refractivity contribution < 1.29 is 14.7 Å². The summed E-state index contributed by atoms with van der Waals surface area (Å²) in [6, 6.07) is 16.2. The van der Waals surface area contributed by atoms with Crippen molar-refractivity contribution >= 4 is 28.3 Å². The molecule has 1 heterocycles. The van der Waals surface area contributed by atoms with Crippen molar-refractivity contribution in [3.05, 3.63) is 70.6 Å². The van der Waals surface area contributed by atoms with Crippen LogP contribution in [0.1, 0.15) is 20.8 Å². The number of amides is 1. The fourth-order valence-electron chi connectivity index (χ4n) is 2.43. The fraction of sp³-hybridized carbons (Fsp3) is 0.105. The summed E-state index contributed by atoms with van der Waals surface area (Å²) in [6.07, 6.45) is -0.00525. The molecule has 0 saturated carbocycles. The van der Waals surface area contributed by atoms with Gasteiger partial charge in [0.25, 0.3) is 5.91 Å². The highest BCUT2D eigenvalue weighted by atomic mass is 32.1. The van der Waals surface area contributed by atoms with E-state index in [1.54, 1.807) is 24.3 Å². The van der Waals surface area contributed by atoms with Crippen molar-refractivity contribution in [2.75, 3.05) is 5.32 Å². The van der Waals surface area contributed by atoms with Crippen LogP contribution in [0, 0.1) is 6.92 Å². The van der Waals surface area contributed by atoms with E-state index in [0.717, 1.165) is 21.7 Å². The number of hydrogen-bond donors (Lipinski definition) is 2. The first kappa shape index (κ1) is 16.9. The van der Waals surface area contributed by atoms with Crippen LogP contribution in [0.25, 0.3) is 11.3 Å². The maximum atomic E-state index is 12.2. The van der Waals surface area contributed by atoms with E-state index in [4.69, 9.17) is 5.11 Å². The summed E-state index contributed by atoms with van der Waals surface area (Å²) in [6.45, 7) is 1.94. The molecule has 0 saturated heterocycles. The van der Waals surface area contributed by atoms with Gasteiger partial charge in [0.15, 0.2) is 5.13 Å². The maximum absolute atomic E-state index is 12.2. The number of nitrogens with one attached hydrogen (secondary N) is 1. The largest absolute Gasteiger partial charge is 0.481 e. The maximum Gasteiger partial charge on any atom is 0.307 e. The van der Waals surface area contributed by atoms with Gasteiger partial charge in [0.05, 0.1) is 12.1 Å². The van der Waals surface area contributed by atoms with Crippen molar-refractivity contribution in [3.63, 3.8) is 0 Å². The van der Waals surface area contributed by atoms with E-state index >= 15 is 0 Å². The molecule has 0 bridgehead atoms. The van der Waals surface area contributed by atoms with E-state index in [1.807, 2.05) is 37.3 Å². The normalized spacial score (nSPS) is 10.4. The summed E-state index contributed by atoms with van der Waals surface area (Å²) in [5, 5.41) is 12.2. The van der Waals surface area contributed by atoms with Gasteiger partial charge in [-0.1, -0.05) is 42.5 Å².